The highest BCUT2D eigenvalue weighted by atomic mass is 35.5. The molecule has 136 valence electrons. The molecule has 2 aromatic carbocycles. The smallest absolute Gasteiger partial charge is 0.363 e. The van der Waals surface area contributed by atoms with Crippen molar-refractivity contribution in [2.45, 2.75) is 0 Å². The number of rotatable bonds is 5. The van der Waals surface area contributed by atoms with Gasteiger partial charge in [0.1, 0.15) is 6.07 Å². The largest absolute Gasteiger partial charge is 0.493 e. The fourth-order valence-electron chi connectivity index (χ4n) is 2.32. The van der Waals surface area contributed by atoms with Crippen LogP contribution >= 0.6 is 23.2 Å². The number of aliphatic imine (C=N–C) groups is 1. The van der Waals surface area contributed by atoms with E-state index in [-0.39, 0.29) is 18.2 Å². The Morgan fingerprint density at radius 2 is 2.00 bits per heavy atom. The van der Waals surface area contributed by atoms with E-state index in [0.29, 0.717) is 32.7 Å². The monoisotopic (exact) mass is 402 g/mol. The van der Waals surface area contributed by atoms with Crippen LogP contribution in [0.25, 0.3) is 6.08 Å². The molecule has 1 aliphatic rings. The minimum Gasteiger partial charge on any atom is -0.493 e. The second kappa shape index (κ2) is 8.12. The molecule has 0 atom stereocenters. The molecule has 0 aromatic heterocycles. The van der Waals surface area contributed by atoms with Crippen LogP contribution in [0.1, 0.15) is 11.1 Å². The molecular weight excluding hydrogens is 391 g/mol. The molecule has 0 aliphatic carbocycles. The summed E-state index contributed by atoms with van der Waals surface area (Å²) >= 11 is 11.9. The second-order valence-corrected chi connectivity index (χ2v) is 6.14. The molecule has 1 heterocycles. The Morgan fingerprint density at radius 3 is 2.70 bits per heavy atom. The molecule has 0 saturated carbocycles. The topological polar surface area (TPSA) is 80.9 Å². The maximum atomic E-state index is 12.1. The Labute approximate surface area is 165 Å². The van der Waals surface area contributed by atoms with Crippen LogP contribution in [-0.4, -0.2) is 25.6 Å². The van der Waals surface area contributed by atoms with Crippen molar-refractivity contribution in [1.82, 2.24) is 0 Å². The van der Waals surface area contributed by atoms with Gasteiger partial charge in [0, 0.05) is 5.56 Å². The van der Waals surface area contributed by atoms with Crippen LogP contribution in [0, 0.1) is 11.3 Å². The van der Waals surface area contributed by atoms with Crippen LogP contribution in [-0.2, 0) is 9.53 Å². The molecule has 0 spiro atoms. The summed E-state index contributed by atoms with van der Waals surface area (Å²) in [5.41, 5.74) is 1.32. The molecule has 0 amide bonds. The Hall–Kier alpha value is -3.01. The average Bonchev–Trinajstić information content (AvgIpc) is 3.03. The lowest BCUT2D eigenvalue weighted by Gasteiger charge is -2.08. The maximum absolute atomic E-state index is 12.1. The van der Waals surface area contributed by atoms with E-state index in [1.165, 1.54) is 7.11 Å². The van der Waals surface area contributed by atoms with Crippen LogP contribution < -0.4 is 9.47 Å². The number of carbonyl (C=O) groups excluding carboxylic acids is 1. The van der Waals surface area contributed by atoms with Gasteiger partial charge in [-0.2, -0.15) is 5.26 Å². The van der Waals surface area contributed by atoms with Gasteiger partial charge in [-0.1, -0.05) is 29.3 Å². The molecule has 0 fully saturated rings. The van der Waals surface area contributed by atoms with E-state index in [1.807, 2.05) is 6.07 Å². The van der Waals surface area contributed by atoms with Crippen LogP contribution in [0.2, 0.25) is 10.0 Å². The standard InChI is InChI=1S/C19H12Cl2N2O4/c1-25-17-9-11(2-5-16(17)26-7-6-22)8-15-19(24)27-18(23-15)12-3-4-13(20)14(21)10-12/h2-5,8-10H,7H2,1H3/b15-8+. The molecule has 0 bridgehead atoms. The van der Waals surface area contributed by atoms with Crippen molar-refractivity contribution < 1.29 is 19.0 Å². The zero-order valence-corrected chi connectivity index (χ0v) is 15.5. The number of hydrogen-bond acceptors (Lipinski definition) is 6. The highest BCUT2D eigenvalue weighted by Gasteiger charge is 2.24. The van der Waals surface area contributed by atoms with Gasteiger partial charge in [-0.15, -0.1) is 0 Å². The van der Waals surface area contributed by atoms with E-state index in [0.717, 1.165) is 0 Å². The first-order valence-corrected chi connectivity index (χ1v) is 8.43. The quantitative estimate of drug-likeness (QED) is 0.551. The highest BCUT2D eigenvalue weighted by molar-refractivity contribution is 6.42. The van der Waals surface area contributed by atoms with Crippen LogP contribution in [0.15, 0.2) is 47.1 Å². The van der Waals surface area contributed by atoms with Gasteiger partial charge in [-0.25, -0.2) is 9.79 Å². The summed E-state index contributed by atoms with van der Waals surface area (Å²) in [6.07, 6.45) is 1.56. The third-order valence-electron chi connectivity index (χ3n) is 3.57. The van der Waals surface area contributed by atoms with Gasteiger partial charge in [0.05, 0.1) is 17.2 Å². The van der Waals surface area contributed by atoms with Crippen LogP contribution in [0.4, 0.5) is 0 Å². The Balaban J connectivity index is 1.90. The van der Waals surface area contributed by atoms with Crippen molar-refractivity contribution in [3.05, 3.63) is 63.3 Å². The molecule has 3 rings (SSSR count). The van der Waals surface area contributed by atoms with Gasteiger partial charge >= 0.3 is 5.97 Å². The number of halogens is 2. The van der Waals surface area contributed by atoms with E-state index in [1.54, 1.807) is 42.5 Å². The molecule has 0 N–H and O–H groups in total. The molecule has 0 saturated heterocycles. The fourth-order valence-corrected chi connectivity index (χ4v) is 2.62. The number of carbonyl (C=O) groups is 1. The number of benzene rings is 2. The SMILES string of the molecule is COc1cc(/C=C2/N=C(c3ccc(Cl)c(Cl)c3)OC2=O)ccc1OCC#N. The molecular formula is C19H12Cl2N2O4. The van der Waals surface area contributed by atoms with Crippen molar-refractivity contribution in [2.24, 2.45) is 4.99 Å². The number of methoxy groups -OCH3 is 1. The molecule has 2 aromatic rings. The predicted molar refractivity (Wildman–Crippen MR) is 101 cm³/mol. The average molecular weight is 403 g/mol. The van der Waals surface area contributed by atoms with Crippen LogP contribution in [0.5, 0.6) is 11.5 Å². The summed E-state index contributed by atoms with van der Waals surface area (Å²) in [4.78, 5) is 16.3. The van der Waals surface area contributed by atoms with E-state index in [4.69, 9.17) is 42.7 Å². The minimum atomic E-state index is -0.583. The van der Waals surface area contributed by atoms with Crippen molar-refractivity contribution in [3.63, 3.8) is 0 Å². The van der Waals surface area contributed by atoms with Crippen molar-refractivity contribution in [1.29, 1.82) is 5.26 Å². The van der Waals surface area contributed by atoms with Gasteiger partial charge in [0.2, 0.25) is 5.90 Å². The molecule has 6 nitrogen and oxygen atoms in total. The number of esters is 1. The zero-order chi connectivity index (χ0) is 19.4. The first-order valence-electron chi connectivity index (χ1n) is 7.67. The van der Waals surface area contributed by atoms with E-state index < -0.39 is 5.97 Å². The first kappa shape index (κ1) is 18.8. The van der Waals surface area contributed by atoms with Crippen molar-refractivity contribution in [3.8, 4) is 17.6 Å². The van der Waals surface area contributed by atoms with Crippen molar-refractivity contribution >= 4 is 41.1 Å². The van der Waals surface area contributed by atoms with Gasteiger partial charge in [-0.05, 0) is 42.0 Å². The van der Waals surface area contributed by atoms with Gasteiger partial charge < -0.3 is 14.2 Å². The predicted octanol–water partition coefficient (Wildman–Crippen LogP) is 4.25. The minimum absolute atomic E-state index is 0.0968. The zero-order valence-electron chi connectivity index (χ0n) is 14.0. The van der Waals surface area contributed by atoms with E-state index in [2.05, 4.69) is 4.99 Å². The molecule has 8 heteroatoms. The normalized spacial score (nSPS) is 14.5. The molecule has 0 radical (unpaired) electrons. The lowest BCUT2D eigenvalue weighted by Crippen LogP contribution is -2.05. The Morgan fingerprint density at radius 1 is 1.19 bits per heavy atom. The first-order chi connectivity index (χ1) is 13.0. The summed E-state index contributed by atoms with van der Waals surface area (Å²) in [7, 11) is 1.48. The lowest BCUT2D eigenvalue weighted by molar-refractivity contribution is -0.129. The van der Waals surface area contributed by atoms with Gasteiger partial charge in [0.25, 0.3) is 0 Å². The number of cyclic esters (lactones) is 1. The number of ether oxygens (including phenoxy) is 3. The lowest BCUT2D eigenvalue weighted by atomic mass is 10.1. The Bertz CT molecular complexity index is 1010. The summed E-state index contributed by atoms with van der Waals surface area (Å²) < 4.78 is 15.7. The molecule has 1 aliphatic heterocycles. The summed E-state index contributed by atoms with van der Waals surface area (Å²) in [6.45, 7) is -0.0968. The molecule has 27 heavy (non-hydrogen) atoms. The third-order valence-corrected chi connectivity index (χ3v) is 4.31. The van der Waals surface area contributed by atoms with Gasteiger partial charge in [-0.3, -0.25) is 0 Å². The van der Waals surface area contributed by atoms with E-state index >= 15 is 0 Å². The fraction of sp³-hybridized carbons (Fsp3) is 0.105. The Kier molecular flexibility index (Phi) is 5.65. The van der Waals surface area contributed by atoms with Crippen LogP contribution in [0.3, 0.4) is 0 Å². The van der Waals surface area contributed by atoms with Crippen molar-refractivity contribution in [2.75, 3.05) is 13.7 Å². The number of nitriles is 1. The number of nitrogens with zero attached hydrogens (tertiary/aromatic N) is 2. The second-order valence-electron chi connectivity index (χ2n) is 5.32. The molecule has 0 unspecified atom stereocenters. The summed E-state index contributed by atoms with van der Waals surface area (Å²) in [5.74, 6) is 0.417. The van der Waals surface area contributed by atoms with Gasteiger partial charge in [0.15, 0.2) is 23.8 Å². The van der Waals surface area contributed by atoms with E-state index in [9.17, 15) is 4.79 Å². The highest BCUT2D eigenvalue weighted by Crippen LogP contribution is 2.30. The third kappa shape index (κ3) is 4.22. The number of hydrogen-bond donors (Lipinski definition) is 0. The maximum Gasteiger partial charge on any atom is 0.363 e. The summed E-state index contributed by atoms with van der Waals surface area (Å²) in [6, 6.07) is 11.7. The summed E-state index contributed by atoms with van der Waals surface area (Å²) in [5, 5.41) is 9.34.